The number of ether oxygens (including phenoxy) is 4. The van der Waals surface area contributed by atoms with Crippen molar-refractivity contribution in [1.82, 2.24) is 5.32 Å². The molecule has 0 saturated carbocycles. The Balaban J connectivity index is 2.19. The van der Waals surface area contributed by atoms with Gasteiger partial charge in [0.1, 0.15) is 11.5 Å². The van der Waals surface area contributed by atoms with Crippen molar-refractivity contribution in [2.45, 2.75) is 19.6 Å². The van der Waals surface area contributed by atoms with Gasteiger partial charge in [-0.1, -0.05) is 0 Å². The molecule has 0 aliphatic rings. The Kier molecular flexibility index (Phi) is 6.81. The summed E-state index contributed by atoms with van der Waals surface area (Å²) in [5, 5.41) is 2.83. The number of carbonyl (C=O) groups is 1. The van der Waals surface area contributed by atoms with Crippen LogP contribution in [0.4, 0.5) is 8.78 Å². The fraction of sp³-hybridized carbons (Fsp3) is 0.316. The van der Waals surface area contributed by atoms with Gasteiger partial charge in [0.2, 0.25) is 0 Å². The lowest BCUT2D eigenvalue weighted by molar-refractivity contribution is -0.0512. The molecule has 1 N–H and O–H groups in total. The van der Waals surface area contributed by atoms with Crippen LogP contribution in [-0.4, -0.2) is 33.8 Å². The molecule has 0 aliphatic carbocycles. The SMILES string of the molecule is COc1ccc(C(C)NC(=O)c2ccc(OC(F)F)c(OC)c2)c(OC)c1. The second kappa shape index (κ2) is 9.07. The zero-order valence-electron chi connectivity index (χ0n) is 15.4. The summed E-state index contributed by atoms with van der Waals surface area (Å²) in [6.07, 6.45) is 0. The van der Waals surface area contributed by atoms with E-state index in [9.17, 15) is 13.6 Å². The lowest BCUT2D eigenvalue weighted by Crippen LogP contribution is -2.27. The van der Waals surface area contributed by atoms with Gasteiger partial charge in [-0.05, 0) is 37.3 Å². The van der Waals surface area contributed by atoms with Crippen LogP contribution in [-0.2, 0) is 0 Å². The summed E-state index contributed by atoms with van der Waals surface area (Å²) in [5.41, 5.74) is 1.00. The molecule has 2 rings (SSSR count). The zero-order chi connectivity index (χ0) is 20.0. The minimum atomic E-state index is -2.99. The van der Waals surface area contributed by atoms with E-state index in [1.165, 1.54) is 32.4 Å². The van der Waals surface area contributed by atoms with Gasteiger partial charge in [0.15, 0.2) is 11.5 Å². The van der Waals surface area contributed by atoms with Gasteiger partial charge >= 0.3 is 6.61 Å². The first-order chi connectivity index (χ1) is 12.9. The predicted octanol–water partition coefficient (Wildman–Crippen LogP) is 3.80. The van der Waals surface area contributed by atoms with Gasteiger partial charge in [-0.2, -0.15) is 8.78 Å². The highest BCUT2D eigenvalue weighted by molar-refractivity contribution is 5.95. The first kappa shape index (κ1) is 20.3. The van der Waals surface area contributed by atoms with Gasteiger partial charge in [0, 0.05) is 17.2 Å². The lowest BCUT2D eigenvalue weighted by Gasteiger charge is -2.18. The molecule has 2 aromatic carbocycles. The average molecular weight is 381 g/mol. The van der Waals surface area contributed by atoms with Crippen LogP contribution in [0.3, 0.4) is 0 Å². The summed E-state index contributed by atoms with van der Waals surface area (Å²) in [6, 6.07) is 8.89. The summed E-state index contributed by atoms with van der Waals surface area (Å²) in [4.78, 5) is 12.5. The molecule has 0 aliphatic heterocycles. The molecule has 1 amide bonds. The maximum Gasteiger partial charge on any atom is 0.387 e. The van der Waals surface area contributed by atoms with E-state index in [1.54, 1.807) is 32.2 Å². The van der Waals surface area contributed by atoms with Gasteiger partial charge in [-0.15, -0.1) is 0 Å². The average Bonchev–Trinajstić information content (AvgIpc) is 2.66. The van der Waals surface area contributed by atoms with E-state index in [0.29, 0.717) is 11.5 Å². The molecular formula is C19H21F2NO5. The molecule has 0 aromatic heterocycles. The molecule has 146 valence electrons. The first-order valence-electron chi connectivity index (χ1n) is 8.05. The Bertz CT molecular complexity index is 798. The van der Waals surface area contributed by atoms with E-state index in [4.69, 9.17) is 14.2 Å². The van der Waals surface area contributed by atoms with E-state index < -0.39 is 12.5 Å². The van der Waals surface area contributed by atoms with Crippen LogP contribution in [0.5, 0.6) is 23.0 Å². The fourth-order valence-electron chi connectivity index (χ4n) is 2.54. The molecule has 0 saturated heterocycles. The number of carbonyl (C=O) groups excluding carboxylic acids is 1. The molecule has 6 nitrogen and oxygen atoms in total. The minimum Gasteiger partial charge on any atom is -0.497 e. The van der Waals surface area contributed by atoms with E-state index in [-0.39, 0.29) is 23.1 Å². The monoisotopic (exact) mass is 381 g/mol. The number of amides is 1. The molecule has 8 heteroatoms. The van der Waals surface area contributed by atoms with Crippen LogP contribution in [0.25, 0.3) is 0 Å². The van der Waals surface area contributed by atoms with Crippen molar-refractivity contribution in [3.05, 3.63) is 47.5 Å². The van der Waals surface area contributed by atoms with Crippen molar-refractivity contribution in [1.29, 1.82) is 0 Å². The summed E-state index contributed by atoms with van der Waals surface area (Å²) < 4.78 is 44.7. The van der Waals surface area contributed by atoms with Crippen molar-refractivity contribution < 1.29 is 32.5 Å². The van der Waals surface area contributed by atoms with Crippen LogP contribution in [0.15, 0.2) is 36.4 Å². The molecule has 0 heterocycles. The number of halogens is 2. The largest absolute Gasteiger partial charge is 0.497 e. The quantitative estimate of drug-likeness (QED) is 0.753. The molecular weight excluding hydrogens is 360 g/mol. The number of nitrogens with one attached hydrogen (secondary N) is 1. The van der Waals surface area contributed by atoms with Gasteiger partial charge < -0.3 is 24.3 Å². The molecule has 0 spiro atoms. The smallest absolute Gasteiger partial charge is 0.387 e. The Morgan fingerprint density at radius 1 is 0.926 bits per heavy atom. The number of alkyl halides is 2. The minimum absolute atomic E-state index is 0.0395. The van der Waals surface area contributed by atoms with E-state index in [2.05, 4.69) is 10.1 Å². The highest BCUT2D eigenvalue weighted by Crippen LogP contribution is 2.31. The van der Waals surface area contributed by atoms with Crippen molar-refractivity contribution in [2.24, 2.45) is 0 Å². The van der Waals surface area contributed by atoms with Gasteiger partial charge in [-0.25, -0.2) is 0 Å². The second-order valence-corrected chi connectivity index (χ2v) is 5.55. The Morgan fingerprint density at radius 2 is 1.63 bits per heavy atom. The van der Waals surface area contributed by atoms with E-state index in [0.717, 1.165) is 5.56 Å². The summed E-state index contributed by atoms with van der Waals surface area (Å²) in [5.74, 6) is 0.697. The predicted molar refractivity (Wildman–Crippen MR) is 95.1 cm³/mol. The van der Waals surface area contributed by atoms with E-state index in [1.807, 2.05) is 0 Å². The molecule has 0 bridgehead atoms. The Morgan fingerprint density at radius 3 is 2.22 bits per heavy atom. The zero-order valence-corrected chi connectivity index (χ0v) is 15.4. The fourth-order valence-corrected chi connectivity index (χ4v) is 2.54. The topological polar surface area (TPSA) is 66.0 Å². The molecule has 27 heavy (non-hydrogen) atoms. The van der Waals surface area contributed by atoms with Crippen LogP contribution in [0, 0.1) is 0 Å². The van der Waals surface area contributed by atoms with Gasteiger partial charge in [0.25, 0.3) is 5.91 Å². The van der Waals surface area contributed by atoms with Crippen LogP contribution in [0.2, 0.25) is 0 Å². The maximum absolute atomic E-state index is 12.5. The normalized spacial score (nSPS) is 11.7. The lowest BCUT2D eigenvalue weighted by atomic mass is 10.1. The van der Waals surface area contributed by atoms with Crippen molar-refractivity contribution >= 4 is 5.91 Å². The van der Waals surface area contributed by atoms with Crippen LogP contribution >= 0.6 is 0 Å². The Hall–Kier alpha value is -3.03. The third-order valence-electron chi connectivity index (χ3n) is 3.90. The van der Waals surface area contributed by atoms with Gasteiger partial charge in [0.05, 0.1) is 27.4 Å². The number of rotatable bonds is 8. The second-order valence-electron chi connectivity index (χ2n) is 5.55. The molecule has 0 radical (unpaired) electrons. The summed E-state index contributed by atoms with van der Waals surface area (Å²) in [6.45, 7) is -1.19. The number of hydrogen-bond donors (Lipinski definition) is 1. The highest BCUT2D eigenvalue weighted by Gasteiger charge is 2.18. The van der Waals surface area contributed by atoms with Crippen LogP contribution < -0.4 is 24.3 Å². The highest BCUT2D eigenvalue weighted by atomic mass is 19.3. The van der Waals surface area contributed by atoms with Crippen molar-refractivity contribution in [3.63, 3.8) is 0 Å². The maximum atomic E-state index is 12.5. The number of methoxy groups -OCH3 is 3. The molecule has 1 unspecified atom stereocenters. The number of hydrogen-bond acceptors (Lipinski definition) is 5. The summed E-state index contributed by atoms with van der Waals surface area (Å²) >= 11 is 0. The standard InChI is InChI=1S/C19H21F2NO5/c1-11(14-7-6-13(24-2)10-16(14)25-3)22-18(23)12-5-8-15(27-19(20)21)17(9-12)26-4/h5-11,19H,1-4H3,(H,22,23). The van der Waals surface area contributed by atoms with Gasteiger partial charge in [-0.3, -0.25) is 4.79 Å². The third kappa shape index (κ3) is 4.99. The van der Waals surface area contributed by atoms with Crippen molar-refractivity contribution in [2.75, 3.05) is 21.3 Å². The number of benzene rings is 2. The van der Waals surface area contributed by atoms with Crippen LogP contribution in [0.1, 0.15) is 28.9 Å². The summed E-state index contributed by atoms with van der Waals surface area (Å²) in [7, 11) is 4.38. The molecule has 1 atom stereocenters. The third-order valence-corrected chi connectivity index (χ3v) is 3.90. The molecule has 0 fully saturated rings. The van der Waals surface area contributed by atoms with E-state index >= 15 is 0 Å². The first-order valence-corrected chi connectivity index (χ1v) is 8.05. The van der Waals surface area contributed by atoms with Crippen molar-refractivity contribution in [3.8, 4) is 23.0 Å². The molecule has 2 aromatic rings. The Labute approximate surface area is 156 Å².